The summed E-state index contributed by atoms with van der Waals surface area (Å²) in [6.45, 7) is 1.91. The number of aryl methyl sites for hydroxylation is 1. The van der Waals surface area contributed by atoms with Gasteiger partial charge in [-0.05, 0) is 44.7 Å². The Bertz CT molecular complexity index is 612. The second-order valence-electron chi connectivity index (χ2n) is 5.96. The van der Waals surface area contributed by atoms with Gasteiger partial charge in [0.2, 0.25) is 0 Å². The van der Waals surface area contributed by atoms with Crippen molar-refractivity contribution in [2.45, 2.75) is 51.6 Å². The molecule has 0 aromatic carbocycles. The van der Waals surface area contributed by atoms with E-state index in [0.29, 0.717) is 17.1 Å². The maximum absolute atomic E-state index is 8.90. The first-order valence-electron chi connectivity index (χ1n) is 8.01. The number of nitrogens with two attached hydrogens (primary N) is 2. The average Bonchev–Trinajstić information content (AvgIpc) is 2.54. The third-order valence-corrected chi connectivity index (χ3v) is 4.14. The lowest BCUT2D eigenvalue weighted by Crippen LogP contribution is -2.27. The molecule has 1 aliphatic carbocycles. The van der Waals surface area contributed by atoms with E-state index in [2.05, 4.69) is 11.1 Å². The second-order valence-corrected chi connectivity index (χ2v) is 5.96. The fourth-order valence-electron chi connectivity index (χ4n) is 2.82. The Kier molecular flexibility index (Phi) is 5.83. The standard InChI is InChI=1S/C17H25N5O/c1-12-16(23-13-6-4-3-5-7-13)9-8-14(21-12)17(19)15(10-11-18)22(2)20/h8-9,13H,3-7,10,19-20H2,1-2H3/b17-15-. The number of hydrazine groups is 1. The van der Waals surface area contributed by atoms with Crippen LogP contribution in [0.15, 0.2) is 17.8 Å². The van der Waals surface area contributed by atoms with Gasteiger partial charge in [0.05, 0.1) is 41.4 Å². The van der Waals surface area contributed by atoms with Crippen molar-refractivity contribution >= 4 is 5.70 Å². The van der Waals surface area contributed by atoms with E-state index in [1.54, 1.807) is 7.05 Å². The van der Waals surface area contributed by atoms with Crippen LogP contribution in [0, 0.1) is 18.3 Å². The van der Waals surface area contributed by atoms with E-state index >= 15 is 0 Å². The summed E-state index contributed by atoms with van der Waals surface area (Å²) in [4.78, 5) is 4.52. The van der Waals surface area contributed by atoms with Crippen LogP contribution in [-0.4, -0.2) is 23.1 Å². The number of nitriles is 1. The van der Waals surface area contributed by atoms with Gasteiger partial charge in [-0.15, -0.1) is 0 Å². The normalized spacial score (nSPS) is 16.4. The van der Waals surface area contributed by atoms with Crippen molar-refractivity contribution in [2.24, 2.45) is 11.6 Å². The molecule has 6 heteroatoms. The van der Waals surface area contributed by atoms with Crippen molar-refractivity contribution in [3.05, 3.63) is 29.2 Å². The Morgan fingerprint density at radius 1 is 1.39 bits per heavy atom. The van der Waals surface area contributed by atoms with Gasteiger partial charge in [-0.2, -0.15) is 5.26 Å². The third-order valence-electron chi connectivity index (χ3n) is 4.14. The van der Waals surface area contributed by atoms with Gasteiger partial charge in [0, 0.05) is 7.05 Å². The van der Waals surface area contributed by atoms with Crippen molar-refractivity contribution in [3.8, 4) is 11.8 Å². The Morgan fingerprint density at radius 2 is 2.09 bits per heavy atom. The summed E-state index contributed by atoms with van der Waals surface area (Å²) >= 11 is 0. The van der Waals surface area contributed by atoms with Crippen LogP contribution >= 0.6 is 0 Å². The summed E-state index contributed by atoms with van der Waals surface area (Å²) in [5.41, 5.74) is 8.52. The zero-order chi connectivity index (χ0) is 16.8. The van der Waals surface area contributed by atoms with E-state index in [0.717, 1.165) is 24.3 Å². The zero-order valence-electron chi connectivity index (χ0n) is 13.9. The number of hydrogen-bond acceptors (Lipinski definition) is 6. The van der Waals surface area contributed by atoms with Gasteiger partial charge in [0.1, 0.15) is 5.75 Å². The number of hydrogen-bond donors (Lipinski definition) is 2. The Labute approximate surface area is 137 Å². The minimum atomic E-state index is 0.139. The maximum Gasteiger partial charge on any atom is 0.140 e. The smallest absolute Gasteiger partial charge is 0.140 e. The van der Waals surface area contributed by atoms with Crippen LogP contribution in [0.2, 0.25) is 0 Å². The Morgan fingerprint density at radius 3 is 2.65 bits per heavy atom. The average molecular weight is 315 g/mol. The predicted octanol–water partition coefficient (Wildman–Crippen LogP) is 2.45. The SMILES string of the molecule is Cc1nc(/C(N)=C(\CC#N)N(C)N)ccc1OC1CCCCC1. The van der Waals surface area contributed by atoms with Gasteiger partial charge in [-0.1, -0.05) is 6.42 Å². The summed E-state index contributed by atoms with van der Waals surface area (Å²) < 4.78 is 6.07. The summed E-state index contributed by atoms with van der Waals surface area (Å²) in [6.07, 6.45) is 6.38. The largest absolute Gasteiger partial charge is 0.489 e. The fraction of sp³-hybridized carbons (Fsp3) is 0.529. The van der Waals surface area contributed by atoms with Crippen LogP contribution in [0.5, 0.6) is 5.75 Å². The topological polar surface area (TPSA) is 101 Å². The Hall–Kier alpha value is -2.26. The van der Waals surface area contributed by atoms with E-state index < -0.39 is 0 Å². The van der Waals surface area contributed by atoms with Crippen LogP contribution in [0.25, 0.3) is 5.70 Å². The molecule has 23 heavy (non-hydrogen) atoms. The van der Waals surface area contributed by atoms with E-state index in [-0.39, 0.29) is 12.5 Å². The van der Waals surface area contributed by atoms with Gasteiger partial charge >= 0.3 is 0 Å². The summed E-state index contributed by atoms with van der Waals surface area (Å²) in [5.74, 6) is 6.55. The highest BCUT2D eigenvalue weighted by molar-refractivity contribution is 5.63. The molecule has 124 valence electrons. The molecule has 0 unspecified atom stereocenters. The lowest BCUT2D eigenvalue weighted by atomic mass is 9.98. The van der Waals surface area contributed by atoms with Crippen LogP contribution in [0.3, 0.4) is 0 Å². The first-order valence-corrected chi connectivity index (χ1v) is 8.01. The number of ether oxygens (including phenoxy) is 1. The summed E-state index contributed by atoms with van der Waals surface area (Å²) in [5, 5.41) is 10.3. The van der Waals surface area contributed by atoms with Gasteiger partial charge in [-0.3, -0.25) is 0 Å². The number of rotatable bonds is 5. The molecule has 2 rings (SSSR count). The summed E-state index contributed by atoms with van der Waals surface area (Å²) in [7, 11) is 1.66. The van der Waals surface area contributed by atoms with Gasteiger partial charge in [-0.25, -0.2) is 10.8 Å². The van der Waals surface area contributed by atoms with Crippen molar-refractivity contribution in [2.75, 3.05) is 7.05 Å². The molecule has 4 N–H and O–H groups in total. The molecule has 1 aliphatic rings. The van der Waals surface area contributed by atoms with Gasteiger partial charge in [0.25, 0.3) is 0 Å². The first-order chi connectivity index (χ1) is 11.0. The molecule has 1 saturated carbocycles. The number of allylic oxidation sites excluding steroid dienone is 1. The molecule has 0 spiro atoms. The van der Waals surface area contributed by atoms with Crippen molar-refractivity contribution in [1.82, 2.24) is 9.99 Å². The number of aromatic nitrogens is 1. The van der Waals surface area contributed by atoms with Gasteiger partial charge in [0.15, 0.2) is 0 Å². The van der Waals surface area contributed by atoms with E-state index in [1.807, 2.05) is 19.1 Å². The molecule has 0 saturated heterocycles. The highest BCUT2D eigenvalue weighted by Gasteiger charge is 2.17. The molecule has 0 atom stereocenters. The molecular formula is C17H25N5O. The second kappa shape index (κ2) is 7.84. The van der Waals surface area contributed by atoms with Crippen LogP contribution in [0.4, 0.5) is 0 Å². The van der Waals surface area contributed by atoms with E-state index in [1.165, 1.54) is 24.3 Å². The highest BCUT2D eigenvalue weighted by Crippen LogP contribution is 2.26. The van der Waals surface area contributed by atoms with Crippen LogP contribution in [-0.2, 0) is 0 Å². The van der Waals surface area contributed by atoms with E-state index in [9.17, 15) is 0 Å². The maximum atomic E-state index is 8.90. The molecule has 1 aromatic heterocycles. The Balaban J connectivity index is 2.21. The molecule has 0 aliphatic heterocycles. The fourth-order valence-corrected chi connectivity index (χ4v) is 2.82. The lowest BCUT2D eigenvalue weighted by Gasteiger charge is -2.24. The number of pyridine rings is 1. The molecule has 1 heterocycles. The van der Waals surface area contributed by atoms with Crippen LogP contribution in [0.1, 0.15) is 49.9 Å². The van der Waals surface area contributed by atoms with Gasteiger partial charge < -0.3 is 15.5 Å². The molecule has 1 fully saturated rings. The minimum absolute atomic E-state index is 0.139. The molecule has 1 aromatic rings. The highest BCUT2D eigenvalue weighted by atomic mass is 16.5. The third kappa shape index (κ3) is 4.36. The first kappa shape index (κ1) is 17.1. The van der Waals surface area contributed by atoms with Crippen molar-refractivity contribution in [1.29, 1.82) is 5.26 Å². The molecule has 6 nitrogen and oxygen atoms in total. The molecule has 0 bridgehead atoms. The summed E-state index contributed by atoms with van der Waals surface area (Å²) in [6, 6.07) is 5.79. The van der Waals surface area contributed by atoms with Crippen LogP contribution < -0.4 is 16.3 Å². The zero-order valence-corrected chi connectivity index (χ0v) is 13.9. The quantitative estimate of drug-likeness (QED) is 0.639. The predicted molar refractivity (Wildman–Crippen MR) is 89.8 cm³/mol. The lowest BCUT2D eigenvalue weighted by molar-refractivity contribution is 0.153. The molecular weight excluding hydrogens is 290 g/mol. The minimum Gasteiger partial charge on any atom is -0.489 e. The molecule has 0 amide bonds. The van der Waals surface area contributed by atoms with Crippen molar-refractivity contribution < 1.29 is 4.74 Å². The number of nitrogens with zero attached hydrogens (tertiary/aromatic N) is 3. The van der Waals surface area contributed by atoms with Crippen molar-refractivity contribution in [3.63, 3.8) is 0 Å². The van der Waals surface area contributed by atoms with E-state index in [4.69, 9.17) is 21.6 Å². The monoisotopic (exact) mass is 315 g/mol. The molecule has 0 radical (unpaired) electrons.